The van der Waals surface area contributed by atoms with Gasteiger partial charge in [0.2, 0.25) is 0 Å². The maximum absolute atomic E-state index is 8.74. The van der Waals surface area contributed by atoms with Crippen LogP contribution in [0.25, 0.3) is 0 Å². The molecule has 0 aliphatic carbocycles. The first kappa shape index (κ1) is 21.2. The third-order valence-electron chi connectivity index (χ3n) is 3.09. The van der Waals surface area contributed by atoms with Crippen LogP contribution in [0.5, 0.6) is 0 Å². The van der Waals surface area contributed by atoms with Crippen molar-refractivity contribution in [3.05, 3.63) is 0 Å². The quantitative estimate of drug-likeness (QED) is 0.556. The van der Waals surface area contributed by atoms with E-state index in [4.69, 9.17) is 17.5 Å². The van der Waals surface area contributed by atoms with Crippen LogP contribution in [0.3, 0.4) is 0 Å². The van der Waals surface area contributed by atoms with Crippen LogP contribution in [0.2, 0.25) is 3.67 Å². The van der Waals surface area contributed by atoms with Crippen molar-refractivity contribution in [1.29, 1.82) is 0 Å². The van der Waals surface area contributed by atoms with Crippen LogP contribution in [-0.4, -0.2) is 45.5 Å². The first-order chi connectivity index (χ1) is 8.10. The number of hydrogen-bond donors (Lipinski definition) is 2. The van der Waals surface area contributed by atoms with E-state index in [0.717, 1.165) is 17.8 Å². The van der Waals surface area contributed by atoms with Crippen molar-refractivity contribution in [2.75, 3.05) is 0 Å². The fourth-order valence-electron chi connectivity index (χ4n) is 2.25. The predicted octanol–water partition coefficient (Wildman–Crippen LogP) is 3.41. The van der Waals surface area contributed by atoms with Crippen molar-refractivity contribution in [3.8, 4) is 0 Å². The summed E-state index contributed by atoms with van der Waals surface area (Å²) in [6, 6.07) is 0. The van der Waals surface area contributed by atoms with Gasteiger partial charge in [0.05, 0.1) is 0 Å². The molecule has 0 aliphatic rings. The van der Waals surface area contributed by atoms with Gasteiger partial charge in [0, 0.05) is 0 Å². The molecule has 0 radical (unpaired) electrons. The molecular formula is C12H27NaO4S. The van der Waals surface area contributed by atoms with E-state index in [2.05, 4.69) is 27.7 Å². The topological polar surface area (TPSA) is 74.6 Å². The average molecular weight is 290 g/mol. The first-order valence-electron chi connectivity index (χ1n) is 6.79. The SMILES string of the molecule is CCCC(C)CC(C)CC(C)[CH2][Na].O=S(=O)(O)O. The summed E-state index contributed by atoms with van der Waals surface area (Å²) in [6.45, 7) is 9.54. The maximum Gasteiger partial charge on any atom is 0.394 e. The molecular weight excluding hydrogens is 263 g/mol. The molecule has 0 spiro atoms. The van der Waals surface area contributed by atoms with Gasteiger partial charge in [-0.05, 0) is 0 Å². The summed E-state index contributed by atoms with van der Waals surface area (Å²) in [7, 11) is -4.67. The van der Waals surface area contributed by atoms with E-state index in [-0.39, 0.29) is 0 Å². The minimum Gasteiger partial charge on any atom is -0.264 e. The summed E-state index contributed by atoms with van der Waals surface area (Å²) in [5.74, 6) is 2.88. The van der Waals surface area contributed by atoms with E-state index in [1.165, 1.54) is 57.3 Å². The summed E-state index contributed by atoms with van der Waals surface area (Å²) in [5.41, 5.74) is 0. The third kappa shape index (κ3) is 22.1. The van der Waals surface area contributed by atoms with E-state index < -0.39 is 10.4 Å². The molecule has 0 aromatic heterocycles. The fraction of sp³-hybridized carbons (Fsp3) is 1.00. The third-order valence-corrected chi connectivity index (χ3v) is 4.48. The van der Waals surface area contributed by atoms with Gasteiger partial charge in [-0.1, -0.05) is 0 Å². The molecule has 0 fully saturated rings. The summed E-state index contributed by atoms with van der Waals surface area (Å²) in [4.78, 5) is 0. The molecule has 18 heavy (non-hydrogen) atoms. The van der Waals surface area contributed by atoms with Gasteiger partial charge in [0.1, 0.15) is 0 Å². The van der Waals surface area contributed by atoms with Gasteiger partial charge in [-0.3, -0.25) is 9.11 Å². The van der Waals surface area contributed by atoms with E-state index >= 15 is 0 Å². The van der Waals surface area contributed by atoms with Crippen molar-refractivity contribution in [3.63, 3.8) is 0 Å². The number of hydrogen-bond acceptors (Lipinski definition) is 2. The van der Waals surface area contributed by atoms with Gasteiger partial charge >= 0.3 is 113 Å². The van der Waals surface area contributed by atoms with Crippen molar-refractivity contribution < 1.29 is 17.5 Å². The molecule has 0 saturated carbocycles. The Morgan fingerprint density at radius 1 is 1.00 bits per heavy atom. The van der Waals surface area contributed by atoms with Gasteiger partial charge in [-0.15, -0.1) is 0 Å². The summed E-state index contributed by atoms with van der Waals surface area (Å²) in [6.07, 6.45) is 5.67. The van der Waals surface area contributed by atoms with E-state index in [1.54, 1.807) is 0 Å². The van der Waals surface area contributed by atoms with E-state index in [9.17, 15) is 0 Å². The minimum atomic E-state index is -4.67. The zero-order valence-electron chi connectivity index (χ0n) is 12.4. The van der Waals surface area contributed by atoms with Crippen LogP contribution >= 0.6 is 0 Å². The second-order valence-corrected chi connectivity index (χ2v) is 7.14. The Morgan fingerprint density at radius 2 is 1.39 bits per heavy atom. The van der Waals surface area contributed by atoms with Crippen LogP contribution in [0.4, 0.5) is 0 Å². The smallest absolute Gasteiger partial charge is 0.264 e. The molecule has 0 bridgehead atoms. The van der Waals surface area contributed by atoms with Crippen molar-refractivity contribution in [1.82, 2.24) is 0 Å². The molecule has 106 valence electrons. The summed E-state index contributed by atoms with van der Waals surface area (Å²) < 4.78 is 33.1. The zero-order valence-corrected chi connectivity index (χ0v) is 15.2. The van der Waals surface area contributed by atoms with Crippen molar-refractivity contribution >= 4 is 38.3 Å². The second-order valence-electron chi connectivity index (χ2n) is 5.43. The molecule has 0 aromatic rings. The fourth-order valence-corrected chi connectivity index (χ4v) is 2.58. The van der Waals surface area contributed by atoms with E-state index in [0.29, 0.717) is 0 Å². The normalized spacial score (nSPS) is 16.4. The van der Waals surface area contributed by atoms with Crippen LogP contribution in [0.15, 0.2) is 0 Å². The monoisotopic (exact) mass is 290 g/mol. The largest absolute Gasteiger partial charge is 0.394 e. The molecule has 0 amide bonds. The Labute approximate surface area is 130 Å². The van der Waals surface area contributed by atoms with Crippen LogP contribution in [-0.2, 0) is 10.4 Å². The van der Waals surface area contributed by atoms with Crippen LogP contribution < -0.4 is 0 Å². The molecule has 3 atom stereocenters. The first-order valence-corrected chi connectivity index (χ1v) is 9.61. The van der Waals surface area contributed by atoms with Crippen LogP contribution in [0, 0.1) is 17.8 Å². The Morgan fingerprint density at radius 3 is 1.72 bits per heavy atom. The van der Waals surface area contributed by atoms with E-state index in [1.807, 2.05) is 0 Å². The van der Waals surface area contributed by atoms with Crippen molar-refractivity contribution in [2.24, 2.45) is 17.8 Å². The second kappa shape index (κ2) is 11.7. The van der Waals surface area contributed by atoms with Gasteiger partial charge in [0.25, 0.3) is 0 Å². The molecule has 0 aliphatic heterocycles. The predicted molar refractivity (Wildman–Crippen MR) is 76.4 cm³/mol. The Balaban J connectivity index is 0. The molecule has 0 heterocycles. The molecule has 2 N–H and O–H groups in total. The Bertz CT molecular complexity index is 272. The molecule has 3 unspecified atom stereocenters. The maximum atomic E-state index is 8.74. The standard InChI is InChI=1S/C12H25.Na.H2O4S/c1-6-7-11(4)9-12(5)8-10(2)3;;1-5(2,3)4/h10-12H,2,6-9H2,1,3-5H3;;(H2,1,2,3,4). The number of rotatable bonds is 7. The molecule has 0 saturated heterocycles. The van der Waals surface area contributed by atoms with Gasteiger partial charge in [-0.2, -0.15) is 8.42 Å². The zero-order chi connectivity index (χ0) is 14.8. The molecule has 0 rings (SSSR count). The van der Waals surface area contributed by atoms with Crippen molar-refractivity contribution in [2.45, 2.75) is 57.0 Å². The Hall–Kier alpha value is 0.870. The average Bonchev–Trinajstić information content (AvgIpc) is 2.14. The molecule has 0 aromatic carbocycles. The summed E-state index contributed by atoms with van der Waals surface area (Å²) in [5, 5.41) is 0. The van der Waals surface area contributed by atoms with Gasteiger partial charge in [0.15, 0.2) is 0 Å². The Kier molecular flexibility index (Phi) is 13.7. The van der Waals surface area contributed by atoms with Crippen LogP contribution in [0.1, 0.15) is 53.4 Å². The summed E-state index contributed by atoms with van der Waals surface area (Å²) >= 11 is 1.38. The minimum absolute atomic E-state index is 0.946. The molecule has 4 nitrogen and oxygen atoms in total. The molecule has 6 heteroatoms. The van der Waals surface area contributed by atoms with Gasteiger partial charge in [-0.25, -0.2) is 0 Å². The van der Waals surface area contributed by atoms with Gasteiger partial charge < -0.3 is 0 Å².